The molecule has 3 rings (SSSR count). The second kappa shape index (κ2) is 10.0. The maximum Gasteiger partial charge on any atom is 0.408 e. The van der Waals surface area contributed by atoms with Crippen molar-refractivity contribution in [3.63, 3.8) is 0 Å². The Morgan fingerprint density at radius 2 is 1.62 bits per heavy atom. The molecule has 7 nitrogen and oxygen atoms in total. The van der Waals surface area contributed by atoms with E-state index in [0.29, 0.717) is 6.54 Å². The van der Waals surface area contributed by atoms with Gasteiger partial charge in [0.05, 0.1) is 18.8 Å². The van der Waals surface area contributed by atoms with Gasteiger partial charge in [0.2, 0.25) is 11.8 Å². The summed E-state index contributed by atoms with van der Waals surface area (Å²) in [7, 11) is 0. The highest BCUT2D eigenvalue weighted by Crippen LogP contribution is 2.25. The van der Waals surface area contributed by atoms with Crippen LogP contribution in [0.25, 0.3) is 0 Å². The van der Waals surface area contributed by atoms with Gasteiger partial charge in [0.1, 0.15) is 5.60 Å². The Labute approximate surface area is 188 Å². The van der Waals surface area contributed by atoms with Crippen LogP contribution in [0.2, 0.25) is 0 Å². The summed E-state index contributed by atoms with van der Waals surface area (Å²) in [5.41, 5.74) is 2.74. The molecule has 7 heteroatoms. The van der Waals surface area contributed by atoms with Crippen molar-refractivity contribution in [1.29, 1.82) is 0 Å². The van der Waals surface area contributed by atoms with Gasteiger partial charge in [0.25, 0.3) is 0 Å². The highest BCUT2D eigenvalue weighted by atomic mass is 16.6. The molecule has 0 saturated carbocycles. The Morgan fingerprint density at radius 3 is 2.38 bits per heavy atom. The first-order chi connectivity index (χ1) is 15.2. The van der Waals surface area contributed by atoms with E-state index >= 15 is 0 Å². The van der Waals surface area contributed by atoms with E-state index in [-0.39, 0.29) is 25.4 Å². The zero-order valence-electron chi connectivity index (χ0n) is 18.5. The number of ether oxygens (including phenoxy) is 1. The molecule has 1 aliphatic rings. The summed E-state index contributed by atoms with van der Waals surface area (Å²) in [4.78, 5) is 38.4. The SMILES string of the molecule is CC(C)(C)OC(=O)NCC(=O)NCCC(=O)N1Cc2ccccc2C#Cc2ccccc21. The number of benzene rings is 2. The maximum atomic E-state index is 13.1. The van der Waals surface area contributed by atoms with Crippen molar-refractivity contribution in [3.05, 3.63) is 65.2 Å². The second-order valence-electron chi connectivity index (χ2n) is 8.36. The van der Waals surface area contributed by atoms with Crippen LogP contribution in [-0.2, 0) is 20.9 Å². The van der Waals surface area contributed by atoms with E-state index in [1.54, 1.807) is 25.7 Å². The van der Waals surface area contributed by atoms with Gasteiger partial charge in [-0.15, -0.1) is 0 Å². The Hall–Kier alpha value is -3.79. The van der Waals surface area contributed by atoms with Gasteiger partial charge in [0.15, 0.2) is 0 Å². The van der Waals surface area contributed by atoms with Crippen molar-refractivity contribution in [3.8, 4) is 11.8 Å². The maximum absolute atomic E-state index is 13.1. The summed E-state index contributed by atoms with van der Waals surface area (Å²) < 4.78 is 5.09. The zero-order chi connectivity index (χ0) is 23.1. The first-order valence-corrected chi connectivity index (χ1v) is 10.5. The molecule has 0 aromatic heterocycles. The van der Waals surface area contributed by atoms with Crippen LogP contribution in [0, 0.1) is 11.8 Å². The van der Waals surface area contributed by atoms with E-state index in [2.05, 4.69) is 22.5 Å². The number of hydrogen-bond donors (Lipinski definition) is 2. The third kappa shape index (κ3) is 6.35. The van der Waals surface area contributed by atoms with Gasteiger partial charge >= 0.3 is 6.09 Å². The predicted octanol–water partition coefficient (Wildman–Crippen LogP) is 2.96. The molecule has 0 saturated heterocycles. The lowest BCUT2D eigenvalue weighted by atomic mass is 10.0. The monoisotopic (exact) mass is 433 g/mol. The lowest BCUT2D eigenvalue weighted by Crippen LogP contribution is -2.41. The first-order valence-electron chi connectivity index (χ1n) is 10.5. The minimum atomic E-state index is -0.666. The van der Waals surface area contributed by atoms with Crippen molar-refractivity contribution < 1.29 is 19.1 Å². The number of nitrogens with one attached hydrogen (secondary N) is 2. The van der Waals surface area contributed by atoms with Crippen LogP contribution in [0.15, 0.2) is 48.5 Å². The van der Waals surface area contributed by atoms with E-state index in [1.165, 1.54) is 0 Å². The first kappa shape index (κ1) is 22.9. The molecule has 0 aliphatic carbocycles. The van der Waals surface area contributed by atoms with Crippen LogP contribution in [0.3, 0.4) is 0 Å². The molecule has 2 N–H and O–H groups in total. The summed E-state index contributed by atoms with van der Waals surface area (Å²) in [6.07, 6.45) is -0.553. The van der Waals surface area contributed by atoms with Crippen LogP contribution >= 0.6 is 0 Å². The van der Waals surface area contributed by atoms with Gasteiger partial charge < -0.3 is 20.3 Å². The van der Waals surface area contributed by atoms with Crippen molar-refractivity contribution in [2.75, 3.05) is 18.0 Å². The average molecular weight is 434 g/mol. The number of alkyl carbamates (subject to hydrolysis) is 1. The molecule has 1 heterocycles. The van der Waals surface area contributed by atoms with Crippen molar-refractivity contribution in [1.82, 2.24) is 10.6 Å². The Balaban J connectivity index is 1.60. The number of hydrogen-bond acceptors (Lipinski definition) is 4. The minimum absolute atomic E-state index is 0.113. The van der Waals surface area contributed by atoms with Crippen LogP contribution in [0.5, 0.6) is 0 Å². The molecule has 0 spiro atoms. The molecule has 0 radical (unpaired) electrons. The lowest BCUT2D eigenvalue weighted by molar-refractivity contribution is -0.121. The molecule has 0 bridgehead atoms. The highest BCUT2D eigenvalue weighted by Gasteiger charge is 2.21. The van der Waals surface area contributed by atoms with Gasteiger partial charge in [-0.05, 0) is 44.5 Å². The third-order valence-electron chi connectivity index (χ3n) is 4.63. The van der Waals surface area contributed by atoms with E-state index in [4.69, 9.17) is 4.74 Å². The largest absolute Gasteiger partial charge is 0.444 e. The highest BCUT2D eigenvalue weighted by molar-refractivity contribution is 5.95. The number of para-hydroxylation sites is 1. The van der Waals surface area contributed by atoms with E-state index < -0.39 is 17.6 Å². The normalized spacial score (nSPS) is 12.2. The molecule has 2 aromatic carbocycles. The fourth-order valence-corrected chi connectivity index (χ4v) is 3.18. The summed E-state index contributed by atoms with van der Waals surface area (Å²) in [6, 6.07) is 15.3. The van der Waals surface area contributed by atoms with Crippen LogP contribution < -0.4 is 15.5 Å². The lowest BCUT2D eigenvalue weighted by Gasteiger charge is -2.26. The number of fused-ring (bicyclic) bond motifs is 2. The van der Waals surface area contributed by atoms with Gasteiger partial charge in [-0.3, -0.25) is 9.59 Å². The fraction of sp³-hybridized carbons (Fsp3) is 0.320. The summed E-state index contributed by atoms with van der Waals surface area (Å²) >= 11 is 0. The third-order valence-corrected chi connectivity index (χ3v) is 4.63. The molecule has 0 unspecified atom stereocenters. The quantitative estimate of drug-likeness (QED) is 0.710. The van der Waals surface area contributed by atoms with Crippen molar-refractivity contribution in [2.45, 2.75) is 39.3 Å². The topological polar surface area (TPSA) is 87.7 Å². The molecule has 166 valence electrons. The molecule has 0 atom stereocenters. The van der Waals surface area contributed by atoms with Gasteiger partial charge in [0, 0.05) is 24.1 Å². The number of rotatable bonds is 5. The molecule has 1 aliphatic heterocycles. The smallest absolute Gasteiger partial charge is 0.408 e. The number of carbonyl (C=O) groups excluding carboxylic acids is 3. The minimum Gasteiger partial charge on any atom is -0.444 e. The van der Waals surface area contributed by atoms with Crippen LogP contribution in [0.1, 0.15) is 43.9 Å². The molecule has 2 aromatic rings. The van der Waals surface area contributed by atoms with Crippen molar-refractivity contribution in [2.24, 2.45) is 0 Å². The van der Waals surface area contributed by atoms with Crippen molar-refractivity contribution >= 4 is 23.6 Å². The van der Waals surface area contributed by atoms with Crippen LogP contribution in [0.4, 0.5) is 10.5 Å². The summed E-state index contributed by atoms with van der Waals surface area (Å²) in [5, 5.41) is 5.05. The second-order valence-corrected chi connectivity index (χ2v) is 8.36. The Bertz CT molecular complexity index is 1080. The van der Waals surface area contributed by atoms with Crippen LogP contribution in [-0.4, -0.2) is 36.6 Å². The predicted molar refractivity (Wildman–Crippen MR) is 122 cm³/mol. The van der Waals surface area contributed by atoms with E-state index in [0.717, 1.165) is 22.4 Å². The molecular weight excluding hydrogens is 406 g/mol. The Morgan fingerprint density at radius 1 is 0.969 bits per heavy atom. The molecule has 0 fully saturated rings. The van der Waals surface area contributed by atoms with E-state index in [1.807, 2.05) is 48.5 Å². The molecule has 32 heavy (non-hydrogen) atoms. The number of nitrogens with zero attached hydrogens (tertiary/aromatic N) is 1. The number of carbonyl (C=O) groups is 3. The van der Waals surface area contributed by atoms with Gasteiger partial charge in [-0.2, -0.15) is 0 Å². The number of anilines is 1. The zero-order valence-corrected chi connectivity index (χ0v) is 18.5. The van der Waals surface area contributed by atoms with Gasteiger partial charge in [-0.1, -0.05) is 42.2 Å². The summed E-state index contributed by atoms with van der Waals surface area (Å²) in [5.74, 6) is 5.82. The fourth-order valence-electron chi connectivity index (χ4n) is 3.18. The summed E-state index contributed by atoms with van der Waals surface area (Å²) in [6.45, 7) is 5.55. The standard InChI is InChI=1S/C25H27N3O4/c1-25(2,3)32-24(31)27-16-22(29)26-15-14-23(30)28-17-20-10-5-4-8-18(20)12-13-19-9-6-7-11-21(19)28/h4-11H,14-17H2,1-3H3,(H,26,29)(H,27,31). The van der Waals surface area contributed by atoms with E-state index in [9.17, 15) is 14.4 Å². The average Bonchev–Trinajstić information content (AvgIpc) is 2.72. The molecular formula is C25H27N3O4. The number of amides is 3. The molecule has 3 amide bonds. The Kier molecular flexibility index (Phi) is 7.16. The van der Waals surface area contributed by atoms with Gasteiger partial charge in [-0.25, -0.2) is 4.79 Å².